The summed E-state index contributed by atoms with van der Waals surface area (Å²) in [4.78, 5) is 9.44. The van der Waals surface area contributed by atoms with E-state index >= 15 is 0 Å². The van der Waals surface area contributed by atoms with Gasteiger partial charge in [-0.2, -0.15) is 5.10 Å². The standard InChI is InChI=1S/C14H21N5/c1-8(2)7-15-14-12-11(9(3)18-19(12)4)16-13(17-14)10-5-6-10/h8,10H,5-7H2,1-4H3,(H,15,16,17). The molecule has 3 rings (SSSR count). The molecule has 0 radical (unpaired) electrons. The van der Waals surface area contributed by atoms with Crippen molar-refractivity contribution in [2.75, 3.05) is 11.9 Å². The Hall–Kier alpha value is -1.65. The van der Waals surface area contributed by atoms with Crippen LogP contribution in [-0.4, -0.2) is 26.3 Å². The van der Waals surface area contributed by atoms with Gasteiger partial charge in [0, 0.05) is 19.5 Å². The minimum atomic E-state index is 0.559. The Morgan fingerprint density at radius 3 is 2.68 bits per heavy atom. The highest BCUT2D eigenvalue weighted by molar-refractivity contribution is 5.87. The molecule has 5 heteroatoms. The molecule has 2 aromatic heterocycles. The average Bonchev–Trinajstić information content (AvgIpc) is 3.15. The quantitative estimate of drug-likeness (QED) is 0.917. The molecule has 0 bridgehead atoms. The number of rotatable bonds is 4. The van der Waals surface area contributed by atoms with Gasteiger partial charge >= 0.3 is 0 Å². The maximum atomic E-state index is 4.73. The lowest BCUT2D eigenvalue weighted by Crippen LogP contribution is -2.12. The second-order valence-corrected chi connectivity index (χ2v) is 5.89. The van der Waals surface area contributed by atoms with Crippen LogP contribution in [0.15, 0.2) is 0 Å². The van der Waals surface area contributed by atoms with Crippen molar-refractivity contribution in [3.8, 4) is 0 Å². The molecule has 19 heavy (non-hydrogen) atoms. The van der Waals surface area contributed by atoms with Crippen LogP contribution in [0.25, 0.3) is 11.0 Å². The van der Waals surface area contributed by atoms with Gasteiger partial charge in [-0.15, -0.1) is 0 Å². The van der Waals surface area contributed by atoms with E-state index in [0.717, 1.165) is 34.9 Å². The van der Waals surface area contributed by atoms with Crippen LogP contribution in [0.3, 0.4) is 0 Å². The van der Waals surface area contributed by atoms with E-state index in [1.165, 1.54) is 12.8 Å². The molecule has 1 fully saturated rings. The third-order valence-corrected chi connectivity index (χ3v) is 3.49. The third kappa shape index (κ3) is 2.29. The largest absolute Gasteiger partial charge is 0.368 e. The number of anilines is 1. The summed E-state index contributed by atoms with van der Waals surface area (Å²) in [5.74, 6) is 3.06. The lowest BCUT2D eigenvalue weighted by Gasteiger charge is -2.11. The smallest absolute Gasteiger partial charge is 0.156 e. The van der Waals surface area contributed by atoms with Crippen molar-refractivity contribution in [1.82, 2.24) is 19.7 Å². The number of aromatic nitrogens is 4. The Bertz CT molecular complexity index is 610. The highest BCUT2D eigenvalue weighted by Gasteiger charge is 2.28. The fourth-order valence-electron chi connectivity index (χ4n) is 2.30. The average molecular weight is 259 g/mol. The van der Waals surface area contributed by atoms with E-state index in [0.29, 0.717) is 11.8 Å². The van der Waals surface area contributed by atoms with Crippen molar-refractivity contribution in [2.45, 2.75) is 39.5 Å². The molecule has 0 amide bonds. The first-order chi connectivity index (χ1) is 9.06. The van der Waals surface area contributed by atoms with E-state index in [4.69, 9.17) is 9.97 Å². The van der Waals surface area contributed by atoms with E-state index < -0.39 is 0 Å². The fourth-order valence-corrected chi connectivity index (χ4v) is 2.30. The summed E-state index contributed by atoms with van der Waals surface area (Å²) >= 11 is 0. The van der Waals surface area contributed by atoms with Crippen molar-refractivity contribution in [2.24, 2.45) is 13.0 Å². The zero-order valence-electron chi connectivity index (χ0n) is 12.1. The molecule has 2 aromatic rings. The summed E-state index contributed by atoms with van der Waals surface area (Å²) in [6.07, 6.45) is 2.43. The molecule has 0 atom stereocenters. The summed E-state index contributed by atoms with van der Waals surface area (Å²) < 4.78 is 1.88. The Kier molecular flexibility index (Phi) is 2.92. The summed E-state index contributed by atoms with van der Waals surface area (Å²) in [5.41, 5.74) is 2.99. The Balaban J connectivity index is 2.10. The van der Waals surface area contributed by atoms with Crippen molar-refractivity contribution in [1.29, 1.82) is 0 Å². The van der Waals surface area contributed by atoms with E-state index in [1.54, 1.807) is 0 Å². The van der Waals surface area contributed by atoms with Crippen molar-refractivity contribution in [3.63, 3.8) is 0 Å². The Morgan fingerprint density at radius 1 is 1.32 bits per heavy atom. The van der Waals surface area contributed by atoms with Gasteiger partial charge in [0.15, 0.2) is 5.82 Å². The number of hydrogen-bond donors (Lipinski definition) is 1. The van der Waals surface area contributed by atoms with Gasteiger partial charge in [-0.05, 0) is 25.7 Å². The molecular formula is C14H21N5. The molecule has 102 valence electrons. The fraction of sp³-hybridized carbons (Fsp3) is 0.643. The van der Waals surface area contributed by atoms with E-state index in [-0.39, 0.29) is 0 Å². The monoisotopic (exact) mass is 259 g/mol. The second-order valence-electron chi connectivity index (χ2n) is 5.89. The predicted molar refractivity (Wildman–Crippen MR) is 76.3 cm³/mol. The maximum Gasteiger partial charge on any atom is 0.156 e. The Morgan fingerprint density at radius 2 is 2.05 bits per heavy atom. The zero-order chi connectivity index (χ0) is 13.6. The first kappa shape index (κ1) is 12.4. The van der Waals surface area contributed by atoms with Gasteiger partial charge in [-0.3, -0.25) is 4.68 Å². The van der Waals surface area contributed by atoms with Crippen LogP contribution in [0.1, 0.15) is 44.1 Å². The number of nitrogens with zero attached hydrogens (tertiary/aromatic N) is 4. The lowest BCUT2D eigenvalue weighted by molar-refractivity contribution is 0.685. The molecule has 0 spiro atoms. The Labute approximate surface area is 113 Å². The van der Waals surface area contributed by atoms with Gasteiger partial charge < -0.3 is 5.32 Å². The highest BCUT2D eigenvalue weighted by atomic mass is 15.3. The molecule has 1 aliphatic rings. The minimum absolute atomic E-state index is 0.559. The zero-order valence-corrected chi connectivity index (χ0v) is 12.1. The van der Waals surface area contributed by atoms with Gasteiger partial charge in [0.25, 0.3) is 0 Å². The third-order valence-electron chi connectivity index (χ3n) is 3.49. The van der Waals surface area contributed by atoms with Gasteiger partial charge in [0.2, 0.25) is 0 Å². The molecule has 5 nitrogen and oxygen atoms in total. The van der Waals surface area contributed by atoms with Gasteiger partial charge in [0.05, 0.1) is 5.69 Å². The first-order valence-electron chi connectivity index (χ1n) is 7.01. The second kappa shape index (κ2) is 4.47. The van der Waals surface area contributed by atoms with Crippen LogP contribution in [0.2, 0.25) is 0 Å². The molecule has 0 saturated heterocycles. The lowest BCUT2D eigenvalue weighted by atomic mass is 10.2. The first-order valence-corrected chi connectivity index (χ1v) is 7.01. The minimum Gasteiger partial charge on any atom is -0.368 e. The van der Waals surface area contributed by atoms with Crippen LogP contribution in [0.4, 0.5) is 5.82 Å². The number of aryl methyl sites for hydroxylation is 2. The topological polar surface area (TPSA) is 55.6 Å². The number of hydrogen-bond acceptors (Lipinski definition) is 4. The summed E-state index contributed by atoms with van der Waals surface area (Å²) in [6.45, 7) is 7.32. The molecular weight excluding hydrogens is 238 g/mol. The van der Waals surface area contributed by atoms with Crippen LogP contribution in [0.5, 0.6) is 0 Å². The molecule has 1 saturated carbocycles. The summed E-state index contributed by atoms with van der Waals surface area (Å²) in [5, 5.41) is 7.93. The van der Waals surface area contributed by atoms with Crippen molar-refractivity contribution < 1.29 is 0 Å². The van der Waals surface area contributed by atoms with Gasteiger partial charge in [-0.25, -0.2) is 9.97 Å². The summed E-state index contributed by atoms with van der Waals surface area (Å²) in [6, 6.07) is 0. The van der Waals surface area contributed by atoms with Crippen LogP contribution in [-0.2, 0) is 7.05 Å². The molecule has 2 heterocycles. The normalized spacial score (nSPS) is 15.4. The number of nitrogens with one attached hydrogen (secondary N) is 1. The molecule has 1 N–H and O–H groups in total. The molecule has 1 aliphatic carbocycles. The maximum absolute atomic E-state index is 4.73. The van der Waals surface area contributed by atoms with E-state index in [1.807, 2.05) is 18.7 Å². The molecule has 0 aliphatic heterocycles. The molecule has 0 aromatic carbocycles. The van der Waals surface area contributed by atoms with Gasteiger partial charge in [0.1, 0.15) is 16.9 Å². The summed E-state index contributed by atoms with van der Waals surface area (Å²) in [7, 11) is 1.95. The van der Waals surface area contributed by atoms with E-state index in [9.17, 15) is 0 Å². The van der Waals surface area contributed by atoms with Crippen molar-refractivity contribution >= 4 is 16.9 Å². The highest BCUT2D eigenvalue weighted by Crippen LogP contribution is 2.39. The van der Waals surface area contributed by atoms with Crippen LogP contribution >= 0.6 is 0 Å². The van der Waals surface area contributed by atoms with Crippen LogP contribution < -0.4 is 5.32 Å². The van der Waals surface area contributed by atoms with Crippen LogP contribution in [0, 0.1) is 12.8 Å². The van der Waals surface area contributed by atoms with Gasteiger partial charge in [-0.1, -0.05) is 13.8 Å². The predicted octanol–water partition coefficient (Wildman–Crippen LogP) is 2.62. The number of fused-ring (bicyclic) bond motifs is 1. The molecule has 0 unspecified atom stereocenters. The van der Waals surface area contributed by atoms with Crippen molar-refractivity contribution in [3.05, 3.63) is 11.5 Å². The SMILES string of the molecule is Cc1nn(C)c2c(NCC(C)C)nc(C3CC3)nc12. The van der Waals surface area contributed by atoms with E-state index in [2.05, 4.69) is 24.3 Å².